The molecule has 2 atom stereocenters. The Kier molecular flexibility index (Phi) is 4.97. The highest BCUT2D eigenvalue weighted by Gasteiger charge is 2.31. The Morgan fingerprint density at radius 1 is 1.13 bits per heavy atom. The van der Waals surface area contributed by atoms with E-state index in [9.17, 15) is 9.18 Å². The summed E-state index contributed by atoms with van der Waals surface area (Å²) in [5, 5.41) is 0. The molecule has 2 aliphatic heterocycles. The van der Waals surface area contributed by atoms with Gasteiger partial charge in [0.15, 0.2) is 0 Å². The van der Waals surface area contributed by atoms with Crippen LogP contribution in [0.4, 0.5) is 4.39 Å². The molecule has 2 aliphatic rings. The minimum Gasteiger partial charge on any atom is -0.342 e. The molecule has 0 aromatic heterocycles. The predicted molar refractivity (Wildman–Crippen MR) is 88.9 cm³/mol. The van der Waals surface area contributed by atoms with Crippen molar-refractivity contribution >= 4 is 5.91 Å². The molecule has 1 amide bonds. The van der Waals surface area contributed by atoms with Crippen molar-refractivity contribution in [2.75, 3.05) is 46.8 Å². The maximum atomic E-state index is 13.0. The van der Waals surface area contributed by atoms with Gasteiger partial charge in [0.2, 0.25) is 5.91 Å². The van der Waals surface area contributed by atoms with E-state index in [1.165, 1.54) is 12.1 Å². The number of halogens is 1. The number of amides is 1. The van der Waals surface area contributed by atoms with E-state index in [0.29, 0.717) is 18.4 Å². The van der Waals surface area contributed by atoms with Crippen LogP contribution in [0.3, 0.4) is 0 Å². The Hall–Kier alpha value is -1.46. The molecular weight excluding hydrogens is 293 g/mol. The van der Waals surface area contributed by atoms with Crippen LogP contribution >= 0.6 is 0 Å². The maximum absolute atomic E-state index is 13.0. The number of hydrogen-bond acceptors (Lipinski definition) is 3. The van der Waals surface area contributed by atoms with Crippen molar-refractivity contribution in [3.8, 4) is 0 Å². The van der Waals surface area contributed by atoms with Crippen molar-refractivity contribution in [2.45, 2.75) is 24.8 Å². The molecule has 0 N–H and O–H groups in total. The lowest BCUT2D eigenvalue weighted by atomic mass is 9.98. The van der Waals surface area contributed by atoms with Crippen molar-refractivity contribution in [2.24, 2.45) is 0 Å². The van der Waals surface area contributed by atoms with Crippen LogP contribution < -0.4 is 0 Å². The van der Waals surface area contributed by atoms with Gasteiger partial charge in [0.25, 0.3) is 0 Å². The number of nitrogens with zero attached hydrogens (tertiary/aromatic N) is 3. The molecule has 0 saturated carbocycles. The van der Waals surface area contributed by atoms with Gasteiger partial charge in [0.05, 0.1) is 0 Å². The molecule has 1 aromatic carbocycles. The normalized spacial score (nSPS) is 26.7. The van der Waals surface area contributed by atoms with Crippen molar-refractivity contribution in [1.82, 2.24) is 14.7 Å². The molecule has 5 heteroatoms. The number of likely N-dealkylation sites (N-methyl/N-ethyl adjacent to an activating group) is 2. The monoisotopic (exact) mass is 319 g/mol. The zero-order chi connectivity index (χ0) is 16.4. The highest BCUT2D eigenvalue weighted by atomic mass is 19.1. The van der Waals surface area contributed by atoms with Crippen LogP contribution in [0.5, 0.6) is 0 Å². The summed E-state index contributed by atoms with van der Waals surface area (Å²) in [4.78, 5) is 19.2. The van der Waals surface area contributed by atoms with Gasteiger partial charge in [0, 0.05) is 51.1 Å². The first-order valence-corrected chi connectivity index (χ1v) is 8.45. The fourth-order valence-electron chi connectivity index (χ4n) is 3.65. The zero-order valence-corrected chi connectivity index (χ0v) is 14.0. The molecule has 0 radical (unpaired) electrons. The largest absolute Gasteiger partial charge is 0.342 e. The minimum absolute atomic E-state index is 0.205. The van der Waals surface area contributed by atoms with Gasteiger partial charge in [-0.25, -0.2) is 4.39 Å². The number of piperazine rings is 1. The average Bonchev–Trinajstić information content (AvgIpc) is 3.02. The Bertz CT molecular complexity index is 548. The van der Waals surface area contributed by atoms with Crippen molar-refractivity contribution in [3.63, 3.8) is 0 Å². The zero-order valence-electron chi connectivity index (χ0n) is 14.0. The maximum Gasteiger partial charge on any atom is 0.224 e. The Balaban J connectivity index is 1.56. The Labute approximate surface area is 137 Å². The lowest BCUT2D eigenvalue weighted by molar-refractivity contribution is -0.131. The van der Waals surface area contributed by atoms with E-state index in [-0.39, 0.29) is 11.7 Å². The standard InChI is InChI=1S/C18H26FN3O/c1-20-9-10-21(2)17(13-20)11-18(23)22-8-7-15(12-22)14-3-5-16(19)6-4-14/h3-6,15,17H,7-13H2,1-2H3/t15-,17+/m1/s1. The van der Waals surface area contributed by atoms with Gasteiger partial charge in [-0.05, 0) is 38.2 Å². The number of likely N-dealkylation sites (tertiary alicyclic amines) is 1. The molecule has 1 aromatic rings. The molecule has 0 bridgehead atoms. The summed E-state index contributed by atoms with van der Waals surface area (Å²) in [6.45, 7) is 4.62. The highest BCUT2D eigenvalue weighted by molar-refractivity contribution is 5.77. The summed E-state index contributed by atoms with van der Waals surface area (Å²) < 4.78 is 13.0. The Morgan fingerprint density at radius 3 is 2.61 bits per heavy atom. The van der Waals surface area contributed by atoms with Crippen LogP contribution in [0.15, 0.2) is 24.3 Å². The first kappa shape index (κ1) is 16.4. The van der Waals surface area contributed by atoms with Gasteiger partial charge >= 0.3 is 0 Å². The SMILES string of the molecule is CN1CCN(C)[C@@H](CC(=O)N2CC[C@@H](c3ccc(F)cc3)C2)C1. The molecule has 23 heavy (non-hydrogen) atoms. The van der Waals surface area contributed by atoms with E-state index >= 15 is 0 Å². The van der Waals surface area contributed by atoms with Gasteiger partial charge in [-0.1, -0.05) is 12.1 Å². The Morgan fingerprint density at radius 2 is 1.87 bits per heavy atom. The second kappa shape index (κ2) is 6.97. The average molecular weight is 319 g/mol. The first-order valence-electron chi connectivity index (χ1n) is 8.45. The fourth-order valence-corrected chi connectivity index (χ4v) is 3.65. The van der Waals surface area contributed by atoms with E-state index < -0.39 is 0 Å². The van der Waals surface area contributed by atoms with Crippen LogP contribution in [0.1, 0.15) is 24.3 Å². The number of carbonyl (C=O) groups excluding carboxylic acids is 1. The molecule has 126 valence electrons. The van der Waals surface area contributed by atoms with Gasteiger partial charge in [-0.2, -0.15) is 0 Å². The van der Waals surface area contributed by atoms with Gasteiger partial charge in [0.1, 0.15) is 5.82 Å². The second-order valence-corrected chi connectivity index (χ2v) is 6.98. The smallest absolute Gasteiger partial charge is 0.224 e. The molecule has 0 spiro atoms. The van der Waals surface area contributed by atoms with E-state index in [2.05, 4.69) is 23.9 Å². The van der Waals surface area contributed by atoms with Crippen LogP contribution in [0.25, 0.3) is 0 Å². The lowest BCUT2D eigenvalue weighted by Gasteiger charge is -2.38. The summed E-state index contributed by atoms with van der Waals surface area (Å²) in [5.41, 5.74) is 1.14. The number of carbonyl (C=O) groups is 1. The lowest BCUT2D eigenvalue weighted by Crippen LogP contribution is -2.51. The first-order chi connectivity index (χ1) is 11.0. The highest BCUT2D eigenvalue weighted by Crippen LogP contribution is 2.28. The van der Waals surface area contributed by atoms with E-state index in [1.54, 1.807) is 0 Å². The summed E-state index contributed by atoms with van der Waals surface area (Å²) in [6.07, 6.45) is 1.56. The molecule has 2 saturated heterocycles. The molecule has 0 unspecified atom stereocenters. The molecule has 0 aliphatic carbocycles. The third-order valence-electron chi connectivity index (χ3n) is 5.27. The van der Waals surface area contributed by atoms with E-state index in [1.807, 2.05) is 17.0 Å². The number of hydrogen-bond donors (Lipinski definition) is 0. The third-order valence-corrected chi connectivity index (χ3v) is 5.27. The third kappa shape index (κ3) is 3.90. The molecule has 2 fully saturated rings. The summed E-state index contributed by atoms with van der Waals surface area (Å²) >= 11 is 0. The van der Waals surface area contributed by atoms with Crippen LogP contribution in [0, 0.1) is 5.82 Å². The van der Waals surface area contributed by atoms with Crippen LogP contribution in [-0.2, 0) is 4.79 Å². The topological polar surface area (TPSA) is 26.8 Å². The quantitative estimate of drug-likeness (QED) is 0.850. The van der Waals surface area contributed by atoms with Crippen LogP contribution in [0.2, 0.25) is 0 Å². The van der Waals surface area contributed by atoms with Crippen molar-refractivity contribution < 1.29 is 9.18 Å². The van der Waals surface area contributed by atoms with Crippen LogP contribution in [-0.4, -0.2) is 73.5 Å². The van der Waals surface area contributed by atoms with E-state index in [4.69, 9.17) is 0 Å². The number of benzene rings is 1. The van der Waals surface area contributed by atoms with E-state index in [0.717, 1.165) is 44.7 Å². The summed E-state index contributed by atoms with van der Waals surface area (Å²) in [7, 11) is 4.22. The molecule has 2 heterocycles. The molecular formula is C18H26FN3O. The molecule has 4 nitrogen and oxygen atoms in total. The van der Waals surface area contributed by atoms with Crippen molar-refractivity contribution in [3.05, 3.63) is 35.6 Å². The van der Waals surface area contributed by atoms with Crippen molar-refractivity contribution in [1.29, 1.82) is 0 Å². The van der Waals surface area contributed by atoms with Gasteiger partial charge < -0.3 is 14.7 Å². The second-order valence-electron chi connectivity index (χ2n) is 6.98. The van der Waals surface area contributed by atoms with Gasteiger partial charge in [-0.15, -0.1) is 0 Å². The molecule has 3 rings (SSSR count). The van der Waals surface area contributed by atoms with Gasteiger partial charge in [-0.3, -0.25) is 4.79 Å². The minimum atomic E-state index is -0.205. The number of rotatable bonds is 3. The fraction of sp³-hybridized carbons (Fsp3) is 0.611. The summed E-state index contributed by atoms with van der Waals surface area (Å²) in [6, 6.07) is 7.01. The summed E-state index contributed by atoms with van der Waals surface area (Å²) in [5.74, 6) is 0.386. The predicted octanol–water partition coefficient (Wildman–Crippen LogP) is 1.78.